The van der Waals surface area contributed by atoms with Crippen LogP contribution in [0.3, 0.4) is 0 Å². The minimum atomic E-state index is -3.56. The molecule has 0 saturated carbocycles. The van der Waals surface area contributed by atoms with E-state index in [4.69, 9.17) is 0 Å². The summed E-state index contributed by atoms with van der Waals surface area (Å²) in [4.78, 5) is 4.21. The van der Waals surface area contributed by atoms with E-state index in [2.05, 4.69) is 10.3 Å². The van der Waals surface area contributed by atoms with Gasteiger partial charge in [0.2, 0.25) is 0 Å². The van der Waals surface area contributed by atoms with E-state index >= 15 is 0 Å². The van der Waals surface area contributed by atoms with Crippen LogP contribution >= 0.6 is 0 Å². The first-order chi connectivity index (χ1) is 12.7. The predicted octanol–water partition coefficient (Wildman–Crippen LogP) is 1.81. The van der Waals surface area contributed by atoms with Crippen molar-refractivity contribution < 1.29 is 12.8 Å². The zero-order valence-electron chi connectivity index (χ0n) is 15.9. The van der Waals surface area contributed by atoms with E-state index in [1.807, 2.05) is 23.7 Å². The Labute approximate surface area is 158 Å². The van der Waals surface area contributed by atoms with Crippen LogP contribution in [0.4, 0.5) is 4.39 Å². The van der Waals surface area contributed by atoms with Crippen LogP contribution in [0, 0.1) is 12.7 Å². The summed E-state index contributed by atoms with van der Waals surface area (Å²) < 4.78 is 42.6. The van der Waals surface area contributed by atoms with Gasteiger partial charge in [-0.2, -0.15) is 12.7 Å². The summed E-state index contributed by atoms with van der Waals surface area (Å²) in [6, 6.07) is 7.06. The molecule has 0 unspecified atom stereocenters. The molecular weight excluding hydrogens is 369 g/mol. The average molecular weight is 393 g/mol. The number of aromatic nitrogens is 3. The molecular formula is C18H24FN5O2S. The molecule has 27 heavy (non-hydrogen) atoms. The Morgan fingerprint density at radius 1 is 1.30 bits per heavy atom. The Morgan fingerprint density at radius 3 is 2.70 bits per heavy atom. The third-order valence-corrected chi connectivity index (χ3v) is 6.52. The lowest BCUT2D eigenvalue weighted by atomic mass is 10.2. The second kappa shape index (κ2) is 7.41. The van der Waals surface area contributed by atoms with E-state index in [-0.39, 0.29) is 5.82 Å². The van der Waals surface area contributed by atoms with Crippen LogP contribution in [0.25, 0.3) is 10.9 Å². The maximum absolute atomic E-state index is 14.0. The lowest BCUT2D eigenvalue weighted by Gasteiger charge is -2.13. The van der Waals surface area contributed by atoms with E-state index in [9.17, 15) is 12.8 Å². The molecule has 0 bridgehead atoms. The normalized spacial score (nSPS) is 12.4. The van der Waals surface area contributed by atoms with Crippen molar-refractivity contribution in [3.63, 3.8) is 0 Å². The summed E-state index contributed by atoms with van der Waals surface area (Å²) >= 11 is 0. The molecule has 146 valence electrons. The zero-order chi connectivity index (χ0) is 19.8. The average Bonchev–Trinajstić information content (AvgIpc) is 3.13. The van der Waals surface area contributed by atoms with Crippen molar-refractivity contribution in [1.29, 1.82) is 0 Å². The first-order valence-corrected chi connectivity index (χ1v) is 10.0. The summed E-state index contributed by atoms with van der Waals surface area (Å²) in [6.45, 7) is 2.86. The van der Waals surface area contributed by atoms with Gasteiger partial charge in [-0.05, 0) is 19.1 Å². The Kier molecular flexibility index (Phi) is 5.36. The summed E-state index contributed by atoms with van der Waals surface area (Å²) in [5, 5.41) is 4.17. The number of aryl methyl sites for hydroxylation is 1. The quantitative estimate of drug-likeness (QED) is 0.622. The fraction of sp³-hybridized carbons (Fsp3) is 0.389. The van der Waals surface area contributed by atoms with Crippen LogP contribution in [-0.2, 0) is 30.2 Å². The molecule has 0 spiro atoms. The van der Waals surface area contributed by atoms with E-state index in [0.29, 0.717) is 30.0 Å². The SMILES string of the molecule is Cc1c(CNCCc2cc3cccc(F)c3n2C)ncn1S(=O)(=O)N(C)C. The number of rotatable bonds is 7. The van der Waals surface area contributed by atoms with Gasteiger partial charge < -0.3 is 9.88 Å². The van der Waals surface area contributed by atoms with E-state index in [0.717, 1.165) is 21.8 Å². The van der Waals surface area contributed by atoms with Gasteiger partial charge in [-0.25, -0.2) is 13.3 Å². The number of fused-ring (bicyclic) bond motifs is 1. The first kappa shape index (κ1) is 19.5. The zero-order valence-corrected chi connectivity index (χ0v) is 16.7. The van der Waals surface area contributed by atoms with Crippen LogP contribution in [-0.4, -0.2) is 46.9 Å². The number of imidazole rings is 1. The third kappa shape index (κ3) is 3.62. The lowest BCUT2D eigenvalue weighted by molar-refractivity contribution is 0.509. The highest BCUT2D eigenvalue weighted by Gasteiger charge is 2.20. The molecule has 0 fully saturated rings. The van der Waals surface area contributed by atoms with Crippen molar-refractivity contribution in [2.24, 2.45) is 7.05 Å². The van der Waals surface area contributed by atoms with Crippen LogP contribution < -0.4 is 5.32 Å². The number of nitrogens with one attached hydrogen (secondary N) is 1. The van der Waals surface area contributed by atoms with Gasteiger partial charge in [0, 0.05) is 51.7 Å². The van der Waals surface area contributed by atoms with Gasteiger partial charge in [-0.15, -0.1) is 0 Å². The van der Waals surface area contributed by atoms with Gasteiger partial charge in [-0.3, -0.25) is 0 Å². The largest absolute Gasteiger partial charge is 0.345 e. The van der Waals surface area contributed by atoms with E-state index < -0.39 is 10.2 Å². The van der Waals surface area contributed by atoms with E-state index in [1.54, 1.807) is 13.0 Å². The fourth-order valence-corrected chi connectivity index (χ4v) is 4.07. The smallest absolute Gasteiger partial charge is 0.308 e. The van der Waals surface area contributed by atoms with Crippen LogP contribution in [0.2, 0.25) is 0 Å². The third-order valence-electron chi connectivity index (χ3n) is 4.73. The number of hydrogen-bond donors (Lipinski definition) is 1. The minimum Gasteiger partial charge on any atom is -0.345 e. The molecule has 0 atom stereocenters. The number of nitrogens with zero attached hydrogens (tertiary/aromatic N) is 4. The van der Waals surface area contributed by atoms with Crippen molar-refractivity contribution in [3.8, 4) is 0 Å². The highest BCUT2D eigenvalue weighted by Crippen LogP contribution is 2.21. The first-order valence-electron chi connectivity index (χ1n) is 8.63. The van der Waals surface area contributed by atoms with Gasteiger partial charge in [-0.1, -0.05) is 12.1 Å². The maximum atomic E-state index is 14.0. The molecule has 0 amide bonds. The highest BCUT2D eigenvalue weighted by molar-refractivity contribution is 7.87. The molecule has 2 aromatic heterocycles. The van der Waals surface area contributed by atoms with Gasteiger partial charge >= 0.3 is 10.2 Å². The standard InChI is InChI=1S/C18H24FN5O2S/c1-13-17(21-12-24(13)27(25,26)22(2)3)11-20-9-8-15-10-14-6-5-7-16(19)18(14)23(15)4/h5-7,10,12,20H,8-9,11H2,1-4H3. The Morgan fingerprint density at radius 2 is 2.04 bits per heavy atom. The fourth-order valence-electron chi connectivity index (χ4n) is 3.10. The van der Waals surface area contributed by atoms with Gasteiger partial charge in [0.25, 0.3) is 0 Å². The molecule has 1 N–H and O–H groups in total. The van der Waals surface area contributed by atoms with Crippen molar-refractivity contribution in [1.82, 2.24) is 23.1 Å². The number of benzene rings is 1. The van der Waals surface area contributed by atoms with Crippen LogP contribution in [0.5, 0.6) is 0 Å². The molecule has 9 heteroatoms. The molecule has 3 aromatic rings. The number of halogens is 1. The maximum Gasteiger partial charge on any atom is 0.308 e. The molecule has 7 nitrogen and oxygen atoms in total. The van der Waals surface area contributed by atoms with Gasteiger partial charge in [0.15, 0.2) is 0 Å². The van der Waals surface area contributed by atoms with Crippen LogP contribution in [0.1, 0.15) is 17.1 Å². The Hall–Kier alpha value is -2.23. The molecule has 0 saturated heterocycles. The van der Waals surface area contributed by atoms with Crippen molar-refractivity contribution in [3.05, 3.63) is 53.5 Å². The molecule has 0 radical (unpaired) electrons. The topological polar surface area (TPSA) is 72.2 Å². The summed E-state index contributed by atoms with van der Waals surface area (Å²) in [7, 11) is 1.27. The van der Waals surface area contributed by atoms with Crippen LogP contribution in [0.15, 0.2) is 30.6 Å². The van der Waals surface area contributed by atoms with Gasteiger partial charge in [0.1, 0.15) is 12.1 Å². The van der Waals surface area contributed by atoms with Crippen molar-refractivity contribution in [2.45, 2.75) is 19.9 Å². The summed E-state index contributed by atoms with van der Waals surface area (Å²) in [5.41, 5.74) is 2.91. The summed E-state index contributed by atoms with van der Waals surface area (Å²) in [6.07, 6.45) is 2.05. The molecule has 0 aliphatic rings. The van der Waals surface area contributed by atoms with Crippen molar-refractivity contribution >= 4 is 21.1 Å². The second-order valence-electron chi connectivity index (χ2n) is 6.66. The minimum absolute atomic E-state index is 0.225. The lowest BCUT2D eigenvalue weighted by Crippen LogP contribution is -2.29. The second-order valence-corrected chi connectivity index (χ2v) is 8.68. The molecule has 3 rings (SSSR count). The molecule has 2 heterocycles. The number of hydrogen-bond acceptors (Lipinski definition) is 4. The highest BCUT2D eigenvalue weighted by atomic mass is 32.2. The molecule has 0 aliphatic carbocycles. The Bertz CT molecular complexity index is 1070. The summed E-state index contributed by atoms with van der Waals surface area (Å²) in [5.74, 6) is -0.225. The predicted molar refractivity (Wildman–Crippen MR) is 103 cm³/mol. The van der Waals surface area contributed by atoms with Crippen molar-refractivity contribution in [2.75, 3.05) is 20.6 Å². The molecule has 1 aromatic carbocycles. The Balaban J connectivity index is 1.64. The monoisotopic (exact) mass is 393 g/mol. The molecule has 0 aliphatic heterocycles. The number of para-hydroxylation sites is 1. The van der Waals surface area contributed by atoms with E-state index in [1.165, 1.54) is 30.5 Å². The van der Waals surface area contributed by atoms with Gasteiger partial charge in [0.05, 0.1) is 16.9 Å².